The van der Waals surface area contributed by atoms with Gasteiger partial charge in [-0.2, -0.15) is 0 Å². The molecule has 1 aromatic rings. The molecule has 1 atom stereocenters. The van der Waals surface area contributed by atoms with Gasteiger partial charge in [0.15, 0.2) is 0 Å². The van der Waals surface area contributed by atoms with Gasteiger partial charge in [-0.15, -0.1) is 0 Å². The zero-order valence-corrected chi connectivity index (χ0v) is 12.8. The van der Waals surface area contributed by atoms with Crippen LogP contribution in [-0.2, 0) is 9.31 Å². The molecular weight excluding hydrogens is 237 g/mol. The van der Waals surface area contributed by atoms with Crippen LogP contribution in [0.5, 0.6) is 0 Å². The summed E-state index contributed by atoms with van der Waals surface area (Å²) in [5.74, 6) is -0.264. The molecule has 1 aliphatic heterocycles. The standard InChI is InChI=1S/C15H24BNO2/c1-10-7-8-12(9-11(10)2)13(17)16-18-14(3,4)15(5,6)19-16/h7-9,13H,17H2,1-6H3/t13-/m1/s1. The van der Waals surface area contributed by atoms with Crippen molar-refractivity contribution in [3.63, 3.8) is 0 Å². The number of aryl methyl sites for hydroxylation is 2. The molecule has 0 unspecified atom stereocenters. The van der Waals surface area contributed by atoms with Crippen LogP contribution >= 0.6 is 0 Å². The average molecular weight is 261 g/mol. The SMILES string of the molecule is Cc1ccc([C@@H](N)B2OC(C)(C)C(C)(C)O2)cc1C. The molecule has 0 radical (unpaired) electrons. The minimum atomic E-state index is -0.396. The molecule has 0 aliphatic carbocycles. The second-order valence-corrected chi connectivity index (χ2v) is 6.49. The van der Waals surface area contributed by atoms with Gasteiger partial charge in [0.2, 0.25) is 0 Å². The topological polar surface area (TPSA) is 44.5 Å². The highest BCUT2D eigenvalue weighted by molar-refractivity contribution is 6.47. The molecular formula is C15H24BNO2. The molecule has 19 heavy (non-hydrogen) atoms. The molecule has 0 amide bonds. The molecule has 104 valence electrons. The number of rotatable bonds is 2. The zero-order chi connectivity index (χ0) is 14.4. The molecule has 1 aromatic carbocycles. The maximum Gasteiger partial charge on any atom is 0.480 e. The minimum Gasteiger partial charge on any atom is -0.402 e. The van der Waals surface area contributed by atoms with Gasteiger partial charge in [-0.3, -0.25) is 0 Å². The largest absolute Gasteiger partial charge is 0.480 e. The predicted octanol–water partition coefficient (Wildman–Crippen LogP) is 2.93. The van der Waals surface area contributed by atoms with E-state index in [2.05, 4.69) is 32.0 Å². The van der Waals surface area contributed by atoms with Crippen molar-refractivity contribution in [1.29, 1.82) is 0 Å². The van der Waals surface area contributed by atoms with E-state index in [1.165, 1.54) is 11.1 Å². The Bertz CT molecular complexity index is 469. The van der Waals surface area contributed by atoms with Gasteiger partial charge >= 0.3 is 7.12 Å². The second kappa shape index (κ2) is 4.62. The smallest absolute Gasteiger partial charge is 0.402 e. The molecule has 4 heteroatoms. The lowest BCUT2D eigenvalue weighted by molar-refractivity contribution is 0.00578. The highest BCUT2D eigenvalue weighted by Gasteiger charge is 2.53. The van der Waals surface area contributed by atoms with Crippen LogP contribution in [0, 0.1) is 13.8 Å². The van der Waals surface area contributed by atoms with Gasteiger partial charge in [-0.05, 0) is 58.2 Å². The molecule has 0 bridgehead atoms. The van der Waals surface area contributed by atoms with Crippen molar-refractivity contribution in [2.75, 3.05) is 0 Å². The van der Waals surface area contributed by atoms with Crippen LogP contribution in [0.15, 0.2) is 18.2 Å². The fourth-order valence-corrected chi connectivity index (χ4v) is 2.16. The van der Waals surface area contributed by atoms with Crippen LogP contribution in [0.2, 0.25) is 0 Å². The van der Waals surface area contributed by atoms with E-state index in [-0.39, 0.29) is 17.1 Å². The van der Waals surface area contributed by atoms with Crippen molar-refractivity contribution in [2.24, 2.45) is 5.73 Å². The lowest BCUT2D eigenvalue weighted by Gasteiger charge is -2.32. The fraction of sp³-hybridized carbons (Fsp3) is 0.600. The summed E-state index contributed by atoms with van der Waals surface area (Å²) in [5, 5.41) is 0. The number of benzene rings is 1. The van der Waals surface area contributed by atoms with E-state index < -0.39 is 7.12 Å². The first-order valence-electron chi connectivity index (χ1n) is 6.82. The molecule has 1 saturated heterocycles. The van der Waals surface area contributed by atoms with Crippen LogP contribution in [0.1, 0.15) is 50.3 Å². The molecule has 1 heterocycles. The first-order chi connectivity index (χ1) is 8.64. The number of hydrogen-bond acceptors (Lipinski definition) is 3. The van der Waals surface area contributed by atoms with E-state index in [1.54, 1.807) is 0 Å². The van der Waals surface area contributed by atoms with E-state index in [9.17, 15) is 0 Å². The van der Waals surface area contributed by atoms with Crippen LogP contribution < -0.4 is 5.73 Å². The molecule has 1 fully saturated rings. The van der Waals surface area contributed by atoms with Gasteiger partial charge in [-0.25, -0.2) is 0 Å². The summed E-state index contributed by atoms with van der Waals surface area (Å²) in [5.41, 5.74) is 9.20. The third-order valence-corrected chi connectivity index (χ3v) is 4.48. The molecule has 0 spiro atoms. The first-order valence-corrected chi connectivity index (χ1v) is 6.82. The minimum absolute atomic E-state index is 0.264. The van der Waals surface area contributed by atoms with E-state index in [4.69, 9.17) is 15.0 Å². The van der Waals surface area contributed by atoms with Gasteiger partial charge in [-0.1, -0.05) is 18.2 Å². The molecule has 1 aliphatic rings. The van der Waals surface area contributed by atoms with Crippen molar-refractivity contribution in [3.8, 4) is 0 Å². The van der Waals surface area contributed by atoms with E-state index >= 15 is 0 Å². The summed E-state index contributed by atoms with van der Waals surface area (Å²) in [7, 11) is -0.396. The fourth-order valence-electron chi connectivity index (χ4n) is 2.16. The Morgan fingerprint density at radius 3 is 2.00 bits per heavy atom. The summed E-state index contributed by atoms with van der Waals surface area (Å²) in [6.45, 7) is 12.4. The van der Waals surface area contributed by atoms with Crippen LogP contribution in [0.3, 0.4) is 0 Å². The highest BCUT2D eigenvalue weighted by atomic mass is 16.7. The Balaban J connectivity index is 2.22. The molecule has 2 rings (SSSR count). The van der Waals surface area contributed by atoms with Crippen molar-refractivity contribution < 1.29 is 9.31 Å². The van der Waals surface area contributed by atoms with Gasteiger partial charge < -0.3 is 15.0 Å². The van der Waals surface area contributed by atoms with Crippen molar-refractivity contribution in [1.82, 2.24) is 0 Å². The lowest BCUT2D eigenvalue weighted by atomic mass is 9.74. The predicted molar refractivity (Wildman–Crippen MR) is 78.9 cm³/mol. The van der Waals surface area contributed by atoms with Crippen molar-refractivity contribution >= 4 is 7.12 Å². The Kier molecular flexibility index (Phi) is 3.54. The highest BCUT2D eigenvalue weighted by Crippen LogP contribution is 2.39. The van der Waals surface area contributed by atoms with Gasteiger partial charge in [0, 0.05) is 0 Å². The van der Waals surface area contributed by atoms with Gasteiger partial charge in [0.1, 0.15) is 0 Å². The lowest BCUT2D eigenvalue weighted by Crippen LogP contribution is -2.41. The maximum atomic E-state index is 6.31. The Labute approximate surface area is 116 Å². The average Bonchev–Trinajstić information content (AvgIpc) is 2.51. The summed E-state index contributed by atoms with van der Waals surface area (Å²) in [4.78, 5) is 0. The molecule has 0 saturated carbocycles. The molecule has 2 N–H and O–H groups in total. The maximum absolute atomic E-state index is 6.31. The monoisotopic (exact) mass is 261 g/mol. The Hall–Kier alpha value is -0.835. The Morgan fingerprint density at radius 2 is 1.53 bits per heavy atom. The zero-order valence-electron chi connectivity index (χ0n) is 12.8. The first kappa shape index (κ1) is 14.6. The molecule has 3 nitrogen and oxygen atoms in total. The second-order valence-electron chi connectivity index (χ2n) is 6.49. The molecule has 0 aromatic heterocycles. The van der Waals surface area contributed by atoms with Crippen LogP contribution in [0.4, 0.5) is 0 Å². The third kappa shape index (κ3) is 2.57. The number of nitrogens with two attached hydrogens (primary N) is 1. The van der Waals surface area contributed by atoms with E-state index in [1.807, 2.05) is 27.7 Å². The van der Waals surface area contributed by atoms with E-state index in [0.29, 0.717) is 0 Å². The van der Waals surface area contributed by atoms with Gasteiger partial charge in [0.05, 0.1) is 17.1 Å². The van der Waals surface area contributed by atoms with Crippen LogP contribution in [-0.4, -0.2) is 18.3 Å². The summed E-state index contributed by atoms with van der Waals surface area (Å²) in [6, 6.07) is 6.26. The van der Waals surface area contributed by atoms with Gasteiger partial charge in [0.25, 0.3) is 0 Å². The van der Waals surface area contributed by atoms with Crippen LogP contribution in [0.25, 0.3) is 0 Å². The van der Waals surface area contributed by atoms with E-state index in [0.717, 1.165) is 5.56 Å². The normalized spacial score (nSPS) is 22.6. The summed E-state index contributed by atoms with van der Waals surface area (Å²) >= 11 is 0. The van der Waals surface area contributed by atoms with Crippen molar-refractivity contribution in [3.05, 3.63) is 34.9 Å². The quantitative estimate of drug-likeness (QED) is 0.832. The Morgan fingerprint density at radius 1 is 1.00 bits per heavy atom. The summed E-state index contributed by atoms with van der Waals surface area (Å²) < 4.78 is 12.0. The van der Waals surface area contributed by atoms with Crippen molar-refractivity contribution in [2.45, 2.75) is 58.7 Å². The summed E-state index contributed by atoms with van der Waals surface area (Å²) in [6.07, 6.45) is 0. The third-order valence-electron chi connectivity index (χ3n) is 4.48. The number of hydrogen-bond donors (Lipinski definition) is 1.